The second kappa shape index (κ2) is 12.4. The second-order valence-electron chi connectivity index (χ2n) is 6.34. The minimum atomic E-state index is -3.88. The van der Waals surface area contributed by atoms with Crippen LogP contribution in [0.5, 0.6) is 0 Å². The molecule has 0 heterocycles. The highest BCUT2D eigenvalue weighted by molar-refractivity contribution is 7.72. The van der Waals surface area contributed by atoms with Gasteiger partial charge < -0.3 is 28.7 Å². The summed E-state index contributed by atoms with van der Waals surface area (Å²) < 4.78 is 49.0. The third-order valence-electron chi connectivity index (χ3n) is 4.08. The normalized spacial score (nSPS) is 12.2. The summed E-state index contributed by atoms with van der Waals surface area (Å²) in [5, 5.41) is 6.33. The Bertz CT molecular complexity index is 829. The first-order valence-electron chi connectivity index (χ1n) is 10.4. The van der Waals surface area contributed by atoms with Crippen molar-refractivity contribution in [3.8, 4) is 0 Å². The Morgan fingerprint density at radius 1 is 0.645 bits per heavy atom. The molecule has 8 nitrogen and oxygen atoms in total. The van der Waals surface area contributed by atoms with Crippen molar-refractivity contribution in [2.75, 3.05) is 37.1 Å². The van der Waals surface area contributed by atoms with Crippen molar-refractivity contribution in [1.82, 2.24) is 0 Å². The Kier molecular flexibility index (Phi) is 10.2. The lowest BCUT2D eigenvalue weighted by atomic mass is 10.2. The topological polar surface area (TPSA) is 95.1 Å². The molecule has 10 heteroatoms. The first kappa shape index (κ1) is 25.6. The van der Waals surface area contributed by atoms with E-state index in [2.05, 4.69) is 10.6 Å². The van der Waals surface area contributed by atoms with Gasteiger partial charge in [-0.15, -0.1) is 0 Å². The molecular formula is C21H32N2O6P2. The maximum absolute atomic E-state index is 13.6. The van der Waals surface area contributed by atoms with Gasteiger partial charge in [0.15, 0.2) is 0 Å². The summed E-state index contributed by atoms with van der Waals surface area (Å²) in [7, 11) is -7.76. The Labute approximate surface area is 184 Å². The Hall–Kier alpha value is -1.66. The van der Waals surface area contributed by atoms with Crippen LogP contribution < -0.4 is 10.6 Å². The maximum Gasteiger partial charge on any atom is 0.365 e. The summed E-state index contributed by atoms with van der Waals surface area (Å²) in [6.07, 6.45) is 0. The molecule has 0 aliphatic rings. The lowest BCUT2D eigenvalue weighted by Crippen LogP contribution is -2.25. The smallest absolute Gasteiger partial charge is 0.362 e. The third kappa shape index (κ3) is 7.18. The predicted octanol–water partition coefficient (Wildman–Crippen LogP) is 6.66. The van der Waals surface area contributed by atoms with Crippen molar-refractivity contribution in [2.45, 2.75) is 33.2 Å². The van der Waals surface area contributed by atoms with Crippen LogP contribution in [0.2, 0.25) is 0 Å². The third-order valence-corrected chi connectivity index (χ3v) is 9.70. The number of anilines is 3. The van der Waals surface area contributed by atoms with E-state index in [4.69, 9.17) is 18.1 Å². The molecule has 2 aromatic carbocycles. The monoisotopic (exact) mass is 470 g/mol. The van der Waals surface area contributed by atoms with E-state index in [1.54, 1.807) is 39.8 Å². The molecule has 31 heavy (non-hydrogen) atoms. The molecule has 0 saturated carbocycles. The summed E-state index contributed by atoms with van der Waals surface area (Å²) in [6.45, 7) is 7.25. The van der Waals surface area contributed by atoms with Crippen molar-refractivity contribution < 1.29 is 27.2 Å². The number of hydrogen-bond acceptors (Lipinski definition) is 8. The molecule has 0 aromatic heterocycles. The molecule has 2 aromatic rings. The van der Waals surface area contributed by atoms with Gasteiger partial charge in [-0.05, 0) is 64.1 Å². The van der Waals surface area contributed by atoms with E-state index in [0.717, 1.165) is 11.4 Å². The molecule has 0 unspecified atom stereocenters. The van der Waals surface area contributed by atoms with Crippen LogP contribution in [0.3, 0.4) is 0 Å². The van der Waals surface area contributed by atoms with Crippen LogP contribution in [0.4, 0.5) is 17.1 Å². The number of benzene rings is 2. The van der Waals surface area contributed by atoms with Crippen molar-refractivity contribution in [3.05, 3.63) is 54.6 Å². The molecule has 0 bridgehead atoms. The molecule has 0 spiro atoms. The van der Waals surface area contributed by atoms with Gasteiger partial charge in [0.1, 0.15) is 0 Å². The van der Waals surface area contributed by atoms with E-state index in [-0.39, 0.29) is 26.4 Å². The highest BCUT2D eigenvalue weighted by Gasteiger charge is 2.51. The van der Waals surface area contributed by atoms with Gasteiger partial charge in [-0.25, -0.2) is 0 Å². The van der Waals surface area contributed by atoms with Crippen molar-refractivity contribution in [2.24, 2.45) is 0 Å². The molecule has 0 amide bonds. The van der Waals surface area contributed by atoms with Gasteiger partial charge in [0.2, 0.25) is 5.52 Å². The average Bonchev–Trinajstić information content (AvgIpc) is 2.74. The lowest BCUT2D eigenvalue weighted by molar-refractivity contribution is 0.198. The molecule has 0 aliphatic carbocycles. The van der Waals surface area contributed by atoms with Crippen LogP contribution in [-0.4, -0.2) is 32.0 Å². The number of rotatable bonds is 14. The number of nitrogens with one attached hydrogen (secondary N) is 2. The fourth-order valence-electron chi connectivity index (χ4n) is 2.90. The largest absolute Gasteiger partial charge is 0.365 e. The van der Waals surface area contributed by atoms with Crippen molar-refractivity contribution in [1.29, 1.82) is 0 Å². The zero-order valence-corrected chi connectivity index (χ0v) is 20.2. The molecular weight excluding hydrogens is 438 g/mol. The predicted molar refractivity (Wildman–Crippen MR) is 125 cm³/mol. The van der Waals surface area contributed by atoms with Gasteiger partial charge in [-0.2, -0.15) is 0 Å². The van der Waals surface area contributed by atoms with Crippen molar-refractivity contribution >= 4 is 32.3 Å². The summed E-state index contributed by atoms with van der Waals surface area (Å²) >= 11 is 0. The SMILES string of the molecule is CCOP(=O)(OCC)C(Nc1ccc(Nc2ccccc2)cc1)P(=O)(OCC)OCC. The van der Waals surface area contributed by atoms with Gasteiger partial charge in [0, 0.05) is 17.1 Å². The zero-order valence-electron chi connectivity index (χ0n) is 18.4. The second-order valence-corrected chi connectivity index (χ2v) is 11.0. The van der Waals surface area contributed by atoms with E-state index in [0.29, 0.717) is 5.69 Å². The molecule has 0 aliphatic heterocycles. The standard InChI is InChI=1S/C21H32N2O6P2/c1-5-26-30(24,27-6-2)21(31(25,28-7-3)29-8-4)23-20-16-14-19(15-17-20)22-18-12-10-9-11-13-18/h9-17,21-23H,5-8H2,1-4H3. The molecule has 0 fully saturated rings. The number of hydrogen-bond donors (Lipinski definition) is 2. The van der Waals surface area contributed by atoms with Gasteiger partial charge >= 0.3 is 15.2 Å². The fraction of sp³-hybridized carbons (Fsp3) is 0.429. The fourth-order valence-corrected chi connectivity index (χ4v) is 7.85. The summed E-state index contributed by atoms with van der Waals surface area (Å²) in [6, 6.07) is 17.0. The van der Waals surface area contributed by atoms with Crippen molar-refractivity contribution in [3.63, 3.8) is 0 Å². The van der Waals surface area contributed by atoms with E-state index < -0.39 is 20.7 Å². The molecule has 0 radical (unpaired) electrons. The Morgan fingerprint density at radius 3 is 1.45 bits per heavy atom. The first-order chi connectivity index (χ1) is 14.9. The summed E-state index contributed by atoms with van der Waals surface area (Å²) in [5.41, 5.74) is 1.08. The van der Waals surface area contributed by atoms with Gasteiger partial charge in [0.05, 0.1) is 26.4 Å². The van der Waals surface area contributed by atoms with Crippen LogP contribution in [0, 0.1) is 0 Å². The minimum absolute atomic E-state index is 0.119. The summed E-state index contributed by atoms with van der Waals surface area (Å²) in [4.78, 5) is 0. The average molecular weight is 470 g/mol. The molecule has 2 N–H and O–H groups in total. The van der Waals surface area contributed by atoms with Crippen LogP contribution in [0.1, 0.15) is 27.7 Å². The van der Waals surface area contributed by atoms with Gasteiger partial charge in [-0.1, -0.05) is 18.2 Å². The molecule has 0 atom stereocenters. The Balaban J connectivity index is 2.33. The van der Waals surface area contributed by atoms with Crippen LogP contribution in [0.25, 0.3) is 0 Å². The highest BCUT2D eigenvalue weighted by atomic mass is 31.2. The van der Waals surface area contributed by atoms with Gasteiger partial charge in [-0.3, -0.25) is 9.13 Å². The van der Waals surface area contributed by atoms with E-state index in [1.165, 1.54) is 0 Å². The van der Waals surface area contributed by atoms with Crippen LogP contribution >= 0.6 is 15.2 Å². The van der Waals surface area contributed by atoms with Gasteiger partial charge in [0.25, 0.3) is 0 Å². The molecule has 0 saturated heterocycles. The zero-order chi connectivity index (χ0) is 22.7. The van der Waals surface area contributed by atoms with E-state index >= 15 is 0 Å². The lowest BCUT2D eigenvalue weighted by Gasteiger charge is -2.32. The quantitative estimate of drug-likeness (QED) is 0.296. The molecule has 172 valence electrons. The first-order valence-corrected chi connectivity index (χ1v) is 13.6. The Morgan fingerprint density at radius 2 is 1.03 bits per heavy atom. The van der Waals surface area contributed by atoms with Crippen LogP contribution in [-0.2, 0) is 27.2 Å². The molecule has 2 rings (SSSR count). The minimum Gasteiger partial charge on any atom is -0.362 e. The van der Waals surface area contributed by atoms with Crippen LogP contribution in [0.15, 0.2) is 54.6 Å². The highest BCUT2D eigenvalue weighted by Crippen LogP contribution is 2.70. The summed E-state index contributed by atoms with van der Waals surface area (Å²) in [5.74, 6) is 0. The van der Waals surface area contributed by atoms with E-state index in [1.807, 2.05) is 42.5 Å². The number of para-hydroxylation sites is 1. The van der Waals surface area contributed by atoms with E-state index in [9.17, 15) is 9.13 Å². The maximum atomic E-state index is 13.6.